The van der Waals surface area contributed by atoms with Crippen molar-refractivity contribution in [1.29, 1.82) is 0 Å². The van der Waals surface area contributed by atoms with Crippen LogP contribution in [0.25, 0.3) is 21.3 Å². The van der Waals surface area contributed by atoms with Crippen molar-refractivity contribution < 1.29 is 17.6 Å². The van der Waals surface area contributed by atoms with Crippen LogP contribution in [0.15, 0.2) is 212 Å². The van der Waals surface area contributed by atoms with Gasteiger partial charge < -0.3 is 0 Å². The summed E-state index contributed by atoms with van der Waals surface area (Å²) in [5.41, 5.74) is 19.7. The highest BCUT2D eigenvalue weighted by atomic mass is 35.5. The average molecular weight is 1450 g/mol. The topological polar surface area (TPSA) is 12.9 Å². The van der Waals surface area contributed by atoms with Gasteiger partial charge in [0.2, 0.25) is 0 Å². The minimum Gasteiger partial charge on any atom is -0.241 e. The van der Waals surface area contributed by atoms with E-state index in [1.54, 1.807) is 29.5 Å². The van der Waals surface area contributed by atoms with E-state index in [4.69, 9.17) is 11.6 Å². The van der Waals surface area contributed by atoms with E-state index in [0.717, 1.165) is 59.3 Å². The number of thiazole rings is 1. The van der Waals surface area contributed by atoms with Gasteiger partial charge in [0.1, 0.15) is 11.6 Å². The van der Waals surface area contributed by atoms with E-state index in [1.165, 1.54) is 96.2 Å². The molecule has 0 fully saturated rings. The summed E-state index contributed by atoms with van der Waals surface area (Å²) < 4.78 is 52.6. The van der Waals surface area contributed by atoms with Crippen molar-refractivity contribution >= 4 is 33.2 Å². The largest absolute Gasteiger partial charge is 0.270 e. The van der Waals surface area contributed by atoms with Crippen LogP contribution in [-0.2, 0) is 53.3 Å². The van der Waals surface area contributed by atoms with Crippen LogP contribution in [0.4, 0.5) is 17.6 Å². The van der Waals surface area contributed by atoms with E-state index < -0.39 is 5.92 Å². The molecule has 0 unspecified atom stereocenters. The minimum absolute atomic E-state index is 0.0154. The number of fused-ring (bicyclic) bond motifs is 1. The van der Waals surface area contributed by atoms with Crippen LogP contribution in [-0.4, -0.2) is 4.98 Å². The maximum Gasteiger partial charge on any atom is 0.270 e. The second kappa shape index (κ2) is 39.5. The van der Waals surface area contributed by atoms with Gasteiger partial charge in [-0.05, 0) is 178 Å². The first kappa shape index (κ1) is 91.1. The van der Waals surface area contributed by atoms with Crippen LogP contribution in [0.5, 0.6) is 0 Å². The Kier molecular flexibility index (Phi) is 34.6. The molecule has 104 heavy (non-hydrogen) atoms. The lowest BCUT2D eigenvalue weighted by molar-refractivity contribution is 0.0174. The molecule has 1 heterocycles. The highest BCUT2D eigenvalue weighted by Gasteiger charge is 2.25. The summed E-state index contributed by atoms with van der Waals surface area (Å²) in [5.74, 6) is -2.99. The number of alkyl halides is 2. The molecule has 0 saturated carbocycles. The third-order valence-corrected chi connectivity index (χ3v) is 18.0. The molecule has 10 rings (SSSR count). The van der Waals surface area contributed by atoms with Crippen molar-refractivity contribution in [2.24, 2.45) is 21.7 Å². The monoisotopic (exact) mass is 1450 g/mol. The van der Waals surface area contributed by atoms with Crippen molar-refractivity contribution in [3.8, 4) is 11.1 Å². The first-order valence-electron chi connectivity index (χ1n) is 36.9. The molecule has 0 aliphatic rings. The second-order valence-corrected chi connectivity index (χ2v) is 38.5. The molecule has 10 aromatic rings. The Hall–Kier alpha value is -7.12. The quantitative estimate of drug-likeness (QED) is 0.151. The molecule has 0 N–H and O–H groups in total. The van der Waals surface area contributed by atoms with Gasteiger partial charge in [0.05, 0.1) is 15.2 Å². The fourth-order valence-corrected chi connectivity index (χ4v) is 11.9. The Balaban J connectivity index is 0.000000310. The van der Waals surface area contributed by atoms with E-state index in [9.17, 15) is 17.6 Å². The lowest BCUT2D eigenvalue weighted by atomic mass is 9.86. The summed E-state index contributed by atoms with van der Waals surface area (Å²) in [6.07, 6.45) is 4.11. The summed E-state index contributed by atoms with van der Waals surface area (Å²) in [6.45, 7) is 62.1. The number of benzene rings is 9. The van der Waals surface area contributed by atoms with Crippen molar-refractivity contribution in [3.63, 3.8) is 0 Å². The maximum absolute atomic E-state index is 13.1. The van der Waals surface area contributed by atoms with Crippen molar-refractivity contribution in [2.45, 2.75) is 254 Å². The number of rotatable bonds is 6. The Bertz CT molecular complexity index is 3990. The van der Waals surface area contributed by atoms with Crippen LogP contribution in [0.2, 0.25) is 5.02 Å². The van der Waals surface area contributed by atoms with Crippen molar-refractivity contribution in [1.82, 2.24) is 4.98 Å². The van der Waals surface area contributed by atoms with E-state index in [0.29, 0.717) is 10.8 Å². The molecule has 0 spiro atoms. The zero-order valence-corrected chi connectivity index (χ0v) is 70.9. The molecule has 0 saturated heterocycles. The van der Waals surface area contributed by atoms with E-state index >= 15 is 0 Å². The highest BCUT2D eigenvalue weighted by Crippen LogP contribution is 2.34. The van der Waals surface area contributed by atoms with Gasteiger partial charge in [-0.25, -0.2) is 22.5 Å². The van der Waals surface area contributed by atoms with Crippen LogP contribution >= 0.6 is 22.9 Å². The third-order valence-electron chi connectivity index (χ3n) is 16.3. The molecule has 9 aromatic carbocycles. The van der Waals surface area contributed by atoms with Gasteiger partial charge in [-0.2, -0.15) is 0 Å². The minimum atomic E-state index is -2.74. The van der Waals surface area contributed by atoms with E-state index in [1.807, 2.05) is 42.5 Å². The number of halogens is 5. The van der Waals surface area contributed by atoms with Gasteiger partial charge in [0.25, 0.3) is 5.92 Å². The molecule has 1 nitrogen and oxygen atoms in total. The van der Waals surface area contributed by atoms with E-state index in [2.05, 4.69) is 320 Å². The summed E-state index contributed by atoms with van der Waals surface area (Å²) in [6, 6.07) is 69.9. The molecule has 0 radical (unpaired) electrons. The normalized spacial score (nSPS) is 11.9. The first-order valence-corrected chi connectivity index (χ1v) is 38.1. The van der Waals surface area contributed by atoms with Crippen molar-refractivity contribution in [2.75, 3.05) is 0 Å². The molecule has 564 valence electrons. The zero-order valence-electron chi connectivity index (χ0n) is 69.3. The number of aromatic nitrogens is 1. The fraction of sp³-hybridized carbons (Fsp3) is 0.433. The molecule has 7 heteroatoms. The van der Waals surface area contributed by atoms with Gasteiger partial charge in [-0.1, -0.05) is 376 Å². The molecular weight excluding hydrogens is 1320 g/mol. The molecule has 0 aliphatic carbocycles. The van der Waals surface area contributed by atoms with Crippen LogP contribution < -0.4 is 0 Å². The second-order valence-electron chi connectivity index (χ2n) is 37.0. The van der Waals surface area contributed by atoms with Gasteiger partial charge in [-0.3, -0.25) is 0 Å². The highest BCUT2D eigenvalue weighted by molar-refractivity contribution is 7.18. The third kappa shape index (κ3) is 37.7. The zero-order chi connectivity index (χ0) is 79.0. The Labute approximate surface area is 639 Å². The predicted molar refractivity (Wildman–Crippen MR) is 451 cm³/mol. The average Bonchev–Trinajstić information content (AvgIpc) is 1.61. The number of hydrogen-bond donors (Lipinski definition) is 0. The molecule has 0 bridgehead atoms. The maximum atomic E-state index is 13.1. The summed E-state index contributed by atoms with van der Waals surface area (Å²) >= 11 is 7.64. The molecule has 1 aromatic heterocycles. The Morgan fingerprint density at radius 1 is 0.327 bits per heavy atom. The summed E-state index contributed by atoms with van der Waals surface area (Å²) in [4.78, 5) is 4.58. The standard InChI is InChI=1S/C17H20.C12H16F2.2C12H18.C11H12ClNS.2C11H15F.C11H16/c1-13-5-7-14(8-6-13)15-9-11-16(12-10-15)17(2,3)4;1-11(2,3)9-5-7-10(8-6-9)12(4,13)14;1-10-5-7-11(8-6-10)9-12(2,3)4;1-10-6-5-7-11(8-10)9-12(2,3)4;1-11(2,3)10-13-8-5-4-7(12)6-9(8)14-10;1-11(2,3)8-9-4-6-10(12)7-5-9;1-11(2,3)8-9-6-4-5-7-10(9)12;1-9-5-7-10(8-6-9)11(2,3)4/h5-12H,1-4H3;5-8H,1-4H3;2*5-8H,9H2,1-4H3;4-6H,1-3H3;2*4-7H,8H2,1-3H3;5-8H,1-4H3. The van der Waals surface area contributed by atoms with Crippen LogP contribution in [0.1, 0.15) is 245 Å². The molecule has 0 atom stereocenters. The van der Waals surface area contributed by atoms with Gasteiger partial charge in [0.15, 0.2) is 0 Å². The predicted octanol–water partition coefficient (Wildman–Crippen LogP) is 30.6. The van der Waals surface area contributed by atoms with Gasteiger partial charge >= 0.3 is 0 Å². The Morgan fingerprint density at radius 3 is 1.07 bits per heavy atom. The molecular formula is C97H130ClF4NS. The van der Waals surface area contributed by atoms with Gasteiger partial charge in [0, 0.05) is 22.9 Å². The number of aryl methyl sites for hydroxylation is 4. The lowest BCUT2D eigenvalue weighted by Crippen LogP contribution is -2.12. The lowest BCUT2D eigenvalue weighted by Gasteiger charge is -2.20. The summed E-state index contributed by atoms with van der Waals surface area (Å²) in [5, 5.41) is 1.94. The fourth-order valence-electron chi connectivity index (χ4n) is 10.6. The smallest absolute Gasteiger partial charge is 0.241 e. The summed E-state index contributed by atoms with van der Waals surface area (Å²) in [7, 11) is 0. The Morgan fingerprint density at radius 2 is 0.683 bits per heavy atom. The van der Waals surface area contributed by atoms with Gasteiger partial charge in [-0.15, -0.1) is 11.3 Å². The number of nitrogens with zero attached hydrogens (tertiary/aromatic N) is 1. The van der Waals surface area contributed by atoms with Crippen molar-refractivity contribution in [3.05, 3.63) is 301 Å². The number of hydrogen-bond acceptors (Lipinski definition) is 2. The SMILES string of the molecule is CC(C)(C)Cc1ccc(F)cc1.CC(C)(C)Cc1ccccc1F.CC(C)(C)c1ccc(C(C)(F)F)cc1.CC(C)(C)c1nc2ccc(Cl)cc2s1.Cc1ccc(-c2ccc(C(C)(C)C)cc2)cc1.Cc1ccc(C(C)(C)C)cc1.Cc1ccc(CC(C)(C)C)cc1.Cc1cccc(CC(C)(C)C)c1. The molecule has 0 aliphatic heterocycles. The first-order chi connectivity index (χ1) is 47.5. The van der Waals surface area contributed by atoms with Crippen LogP contribution in [0.3, 0.4) is 0 Å². The van der Waals surface area contributed by atoms with E-state index in [-0.39, 0.29) is 49.7 Å². The molecule has 0 amide bonds. The van der Waals surface area contributed by atoms with Crippen LogP contribution in [0, 0.1) is 61.0 Å².